The van der Waals surface area contributed by atoms with Crippen LogP contribution in [0.15, 0.2) is 24.3 Å². The van der Waals surface area contributed by atoms with Crippen LogP contribution in [0.1, 0.15) is 45.4 Å². The number of benzene rings is 1. The number of fused-ring (bicyclic) bond motifs is 1. The molecule has 0 aliphatic carbocycles. The molecule has 2 unspecified atom stereocenters. The average Bonchev–Trinajstić information content (AvgIpc) is 3.45. The maximum Gasteiger partial charge on any atom is 0.250 e. The predicted octanol–water partition coefficient (Wildman–Crippen LogP) is 1.70. The van der Waals surface area contributed by atoms with Crippen molar-refractivity contribution in [3.8, 4) is 5.75 Å². The van der Waals surface area contributed by atoms with Gasteiger partial charge in [0, 0.05) is 25.9 Å². The highest BCUT2D eigenvalue weighted by atomic mass is 16.5. The van der Waals surface area contributed by atoms with Gasteiger partial charge in [-0.25, -0.2) is 0 Å². The first-order valence-corrected chi connectivity index (χ1v) is 12.2. The van der Waals surface area contributed by atoms with Crippen LogP contribution in [-0.4, -0.2) is 72.3 Å². The van der Waals surface area contributed by atoms with Gasteiger partial charge in [-0.1, -0.05) is 6.92 Å². The van der Waals surface area contributed by atoms with Gasteiger partial charge in [0.25, 0.3) is 0 Å². The number of aliphatic hydroxyl groups is 1. The molecule has 1 aromatic rings. The third-order valence-electron chi connectivity index (χ3n) is 7.87. The van der Waals surface area contributed by atoms with Crippen LogP contribution < -0.4 is 15.4 Å². The summed E-state index contributed by atoms with van der Waals surface area (Å²) >= 11 is 0. The second kappa shape index (κ2) is 9.54. The number of aliphatic hydroxyl groups excluding tert-OH is 1. The van der Waals surface area contributed by atoms with Gasteiger partial charge < -0.3 is 30.1 Å². The number of nitrogens with one attached hydrogen (secondary N) is 2. The first-order valence-electron chi connectivity index (χ1n) is 12.2. The largest absolute Gasteiger partial charge is 0.497 e. The molecule has 3 aliphatic heterocycles. The highest BCUT2D eigenvalue weighted by molar-refractivity contribution is 6.03. The molecule has 3 N–H and O–H groups in total. The minimum absolute atomic E-state index is 0.0861. The molecule has 9 nitrogen and oxygen atoms in total. The first-order chi connectivity index (χ1) is 16.4. The third-order valence-corrected chi connectivity index (χ3v) is 7.87. The van der Waals surface area contributed by atoms with Gasteiger partial charge in [0.05, 0.1) is 24.5 Å². The number of anilines is 1. The number of amides is 3. The van der Waals surface area contributed by atoms with Crippen molar-refractivity contribution >= 4 is 23.4 Å². The van der Waals surface area contributed by atoms with E-state index in [-0.39, 0.29) is 24.3 Å². The van der Waals surface area contributed by atoms with E-state index >= 15 is 0 Å². The highest BCUT2D eigenvalue weighted by Gasteiger charge is 2.78. The van der Waals surface area contributed by atoms with Crippen molar-refractivity contribution in [1.82, 2.24) is 10.2 Å². The Labute approximate surface area is 200 Å². The molecule has 2 bridgehead atoms. The Balaban J connectivity index is 1.68. The van der Waals surface area contributed by atoms with Crippen LogP contribution in [0.4, 0.5) is 5.69 Å². The van der Waals surface area contributed by atoms with Crippen LogP contribution in [0, 0.1) is 11.8 Å². The number of ether oxygens (including phenoxy) is 2. The number of nitrogens with zero attached hydrogens (tertiary/aromatic N) is 1. The van der Waals surface area contributed by atoms with Crippen LogP contribution in [-0.2, 0) is 19.1 Å². The monoisotopic (exact) mass is 473 g/mol. The summed E-state index contributed by atoms with van der Waals surface area (Å²) in [5, 5.41) is 14.8. The number of likely N-dealkylation sites (tertiary alicyclic amines) is 1. The fourth-order valence-corrected chi connectivity index (χ4v) is 6.27. The van der Waals surface area contributed by atoms with Crippen LogP contribution in [0.3, 0.4) is 0 Å². The van der Waals surface area contributed by atoms with Crippen molar-refractivity contribution in [2.45, 2.75) is 62.7 Å². The predicted molar refractivity (Wildman–Crippen MR) is 125 cm³/mol. The van der Waals surface area contributed by atoms with Gasteiger partial charge in [0.15, 0.2) is 0 Å². The van der Waals surface area contributed by atoms with E-state index in [9.17, 15) is 14.4 Å². The lowest BCUT2D eigenvalue weighted by Gasteiger charge is -2.33. The number of methoxy groups -OCH3 is 1. The summed E-state index contributed by atoms with van der Waals surface area (Å²) in [6.45, 7) is 2.43. The van der Waals surface area contributed by atoms with Gasteiger partial charge >= 0.3 is 0 Å². The van der Waals surface area contributed by atoms with E-state index in [2.05, 4.69) is 10.6 Å². The lowest BCUT2D eigenvalue weighted by molar-refractivity contribution is -0.145. The van der Waals surface area contributed by atoms with Crippen molar-refractivity contribution in [2.75, 3.05) is 32.6 Å². The summed E-state index contributed by atoms with van der Waals surface area (Å²) < 4.78 is 11.8. The molecule has 0 radical (unpaired) electrons. The topological polar surface area (TPSA) is 117 Å². The van der Waals surface area contributed by atoms with Crippen molar-refractivity contribution in [3.63, 3.8) is 0 Å². The average molecular weight is 474 g/mol. The molecule has 3 fully saturated rings. The SMILES string of the molecule is CC[C@]12CCC3(O1)C(C(=O)Nc1ccc(OC)cc1)N(CCCCCO)C(=O)[C@@H]3[C@H]2C(=O)NC. The molecule has 0 aromatic heterocycles. The normalized spacial score (nSPS) is 31.5. The van der Waals surface area contributed by atoms with Gasteiger partial charge in [-0.2, -0.15) is 0 Å². The van der Waals surface area contributed by atoms with Crippen molar-refractivity contribution in [3.05, 3.63) is 24.3 Å². The van der Waals surface area contributed by atoms with Gasteiger partial charge in [0.1, 0.15) is 17.4 Å². The lowest BCUT2D eigenvalue weighted by atomic mass is 9.65. The van der Waals surface area contributed by atoms with Crippen LogP contribution in [0.2, 0.25) is 0 Å². The number of rotatable bonds is 10. The Morgan fingerprint density at radius 1 is 1.18 bits per heavy atom. The third kappa shape index (κ3) is 3.75. The van der Waals surface area contributed by atoms with Crippen LogP contribution in [0.25, 0.3) is 0 Å². The maximum atomic E-state index is 13.8. The van der Waals surface area contributed by atoms with E-state index in [1.165, 1.54) is 0 Å². The number of carbonyl (C=O) groups is 3. The van der Waals surface area contributed by atoms with Crippen molar-refractivity contribution in [2.24, 2.45) is 11.8 Å². The molecule has 186 valence electrons. The molecule has 9 heteroatoms. The number of hydrogen-bond donors (Lipinski definition) is 3. The minimum Gasteiger partial charge on any atom is -0.497 e. The Kier molecular flexibility index (Phi) is 6.87. The second-order valence-electron chi connectivity index (χ2n) is 9.48. The van der Waals surface area contributed by atoms with E-state index in [1.807, 2.05) is 6.92 Å². The second-order valence-corrected chi connectivity index (χ2v) is 9.48. The summed E-state index contributed by atoms with van der Waals surface area (Å²) in [6, 6.07) is 6.19. The van der Waals surface area contributed by atoms with Crippen LogP contribution in [0.5, 0.6) is 5.75 Å². The molecule has 3 heterocycles. The Morgan fingerprint density at radius 3 is 2.53 bits per heavy atom. The molecular formula is C25H35N3O6. The standard InChI is InChI=1S/C25H35N3O6/c1-4-24-12-13-25(34-24)19(18(24)21(30)26-2)23(32)28(14-6-5-7-15-29)20(25)22(31)27-16-8-10-17(33-3)11-9-16/h8-11,18-20,29H,4-7,12-15H2,1-3H3,(H,26,30)(H,27,31)/t18-,19-,20?,24+,25?/m0/s1. The smallest absolute Gasteiger partial charge is 0.250 e. The number of hydrogen-bond acceptors (Lipinski definition) is 6. The Bertz CT molecular complexity index is 937. The lowest BCUT2D eigenvalue weighted by Crippen LogP contribution is -2.53. The summed E-state index contributed by atoms with van der Waals surface area (Å²) in [5.74, 6) is -1.35. The van der Waals surface area contributed by atoms with E-state index in [0.29, 0.717) is 50.1 Å². The van der Waals surface area contributed by atoms with Crippen molar-refractivity contribution < 1.29 is 29.0 Å². The fraction of sp³-hybridized carbons (Fsp3) is 0.640. The summed E-state index contributed by atoms with van der Waals surface area (Å²) in [4.78, 5) is 42.1. The summed E-state index contributed by atoms with van der Waals surface area (Å²) in [7, 11) is 3.15. The zero-order valence-electron chi connectivity index (χ0n) is 20.1. The number of unbranched alkanes of at least 4 members (excludes halogenated alkanes) is 2. The van der Waals surface area contributed by atoms with Crippen LogP contribution >= 0.6 is 0 Å². The molecule has 1 spiro atoms. The van der Waals surface area contributed by atoms with Gasteiger partial charge in [0.2, 0.25) is 17.7 Å². The van der Waals surface area contributed by atoms with E-state index in [1.54, 1.807) is 43.3 Å². The van der Waals surface area contributed by atoms with Gasteiger partial charge in [-0.3, -0.25) is 14.4 Å². The molecule has 5 atom stereocenters. The van der Waals surface area contributed by atoms with Gasteiger partial charge in [-0.15, -0.1) is 0 Å². The molecule has 3 aliphatic rings. The number of carbonyl (C=O) groups excluding carboxylic acids is 3. The summed E-state index contributed by atoms with van der Waals surface area (Å²) in [5.41, 5.74) is -1.17. The molecule has 4 rings (SSSR count). The fourth-order valence-electron chi connectivity index (χ4n) is 6.27. The first kappa shape index (κ1) is 24.5. The minimum atomic E-state index is -1.03. The highest BCUT2D eigenvalue weighted by Crippen LogP contribution is 2.64. The Morgan fingerprint density at radius 2 is 1.91 bits per heavy atom. The molecule has 3 saturated heterocycles. The van der Waals surface area contributed by atoms with E-state index in [0.717, 1.165) is 6.42 Å². The molecular weight excluding hydrogens is 438 g/mol. The van der Waals surface area contributed by atoms with Crippen molar-refractivity contribution in [1.29, 1.82) is 0 Å². The molecule has 34 heavy (non-hydrogen) atoms. The van der Waals surface area contributed by atoms with E-state index < -0.39 is 29.1 Å². The van der Waals surface area contributed by atoms with Gasteiger partial charge in [-0.05, 0) is 62.8 Å². The maximum absolute atomic E-state index is 13.8. The summed E-state index contributed by atoms with van der Waals surface area (Å²) in [6.07, 6.45) is 3.82. The molecule has 1 aromatic carbocycles. The van der Waals surface area contributed by atoms with E-state index in [4.69, 9.17) is 14.6 Å². The molecule has 3 amide bonds. The zero-order valence-corrected chi connectivity index (χ0v) is 20.1. The molecule has 0 saturated carbocycles. The Hall–Kier alpha value is -2.65. The zero-order chi connectivity index (χ0) is 24.5. The quantitative estimate of drug-likeness (QED) is 0.445.